The van der Waals surface area contributed by atoms with E-state index in [1.165, 1.54) is 0 Å². The van der Waals surface area contributed by atoms with E-state index in [-0.39, 0.29) is 206 Å². The molecule has 0 heterocycles. The maximum atomic E-state index is 9.32. The molecule has 0 rings (SSSR count). The Hall–Kier alpha value is 6.73. The molecule has 0 amide bonds. The van der Waals surface area contributed by atoms with Crippen LogP contribution in [0.4, 0.5) is 0 Å². The zero-order valence-corrected chi connectivity index (χ0v) is 22.9. The van der Waals surface area contributed by atoms with Gasteiger partial charge in [0.2, 0.25) is 0 Å². The SMILES string of the molecule is O=P([O-])([O-])OP(=O)([O-])[O-].OO.[K+].[K+].[K+].[K+]. The molecule has 0 aromatic heterocycles. The summed E-state index contributed by atoms with van der Waals surface area (Å²) in [5, 5.41) is 12.0. The molecule has 0 aromatic rings. The quantitative estimate of drug-likeness (QED) is 0.208. The van der Waals surface area contributed by atoms with Crippen molar-refractivity contribution >= 4 is 15.6 Å². The van der Waals surface area contributed by atoms with Crippen LogP contribution in [0.1, 0.15) is 0 Å². The Bertz CT molecular complexity index is 161. The Kier molecular flexibility index (Phi) is 52.1. The van der Waals surface area contributed by atoms with Gasteiger partial charge in [-0.05, 0) is 0 Å². The summed E-state index contributed by atoms with van der Waals surface area (Å²) in [6.07, 6.45) is 0. The largest absolute Gasteiger partial charge is 1.00 e. The summed E-state index contributed by atoms with van der Waals surface area (Å²) in [5.41, 5.74) is 0. The Labute approximate surface area is 256 Å². The van der Waals surface area contributed by atoms with Gasteiger partial charge in [-0.1, -0.05) is 0 Å². The molecule has 0 unspecified atom stereocenters. The maximum absolute atomic E-state index is 9.32. The third kappa shape index (κ3) is 44.9. The first-order valence-electron chi connectivity index (χ1n) is 1.66. The second-order valence-electron chi connectivity index (χ2n) is 0.976. The number of hydrogen-bond donors (Lipinski definition) is 2. The van der Waals surface area contributed by atoms with Crippen LogP contribution in [-0.4, -0.2) is 10.5 Å². The third-order valence-electron chi connectivity index (χ3n) is 0.200. The Morgan fingerprint density at radius 3 is 0.867 bits per heavy atom. The minimum absolute atomic E-state index is 0. The van der Waals surface area contributed by atoms with Crippen molar-refractivity contribution in [1.82, 2.24) is 0 Å². The predicted molar refractivity (Wildman–Crippen MR) is 21.6 cm³/mol. The van der Waals surface area contributed by atoms with Gasteiger partial charge in [-0.25, -0.2) is 0 Å². The van der Waals surface area contributed by atoms with Gasteiger partial charge in [-0.2, -0.15) is 0 Å². The Balaban J connectivity index is -0.0000000317. The van der Waals surface area contributed by atoms with Crippen molar-refractivity contribution in [1.29, 1.82) is 0 Å². The topological polar surface area (TPSA) is 176 Å². The van der Waals surface area contributed by atoms with Gasteiger partial charge in [0, 0.05) is 0 Å². The van der Waals surface area contributed by atoms with Gasteiger partial charge in [-0.15, -0.1) is 0 Å². The molecule has 0 aliphatic heterocycles. The normalized spacial score (nSPS) is 8.67. The van der Waals surface area contributed by atoms with E-state index in [4.69, 9.17) is 10.5 Å². The molecule has 0 aliphatic carbocycles. The van der Waals surface area contributed by atoms with Crippen molar-refractivity contribution in [2.45, 2.75) is 0 Å². The Morgan fingerprint density at radius 2 is 0.867 bits per heavy atom. The van der Waals surface area contributed by atoms with Crippen LogP contribution in [0.3, 0.4) is 0 Å². The second kappa shape index (κ2) is 20.7. The first kappa shape index (κ1) is 37.7. The van der Waals surface area contributed by atoms with Gasteiger partial charge in [0.1, 0.15) is 0 Å². The number of rotatable bonds is 2. The van der Waals surface area contributed by atoms with E-state index in [0.29, 0.717) is 0 Å². The van der Waals surface area contributed by atoms with Crippen molar-refractivity contribution in [3.63, 3.8) is 0 Å². The van der Waals surface area contributed by atoms with Crippen LogP contribution in [-0.2, 0) is 13.4 Å². The van der Waals surface area contributed by atoms with Crippen LogP contribution < -0.4 is 225 Å². The van der Waals surface area contributed by atoms with Crippen LogP contribution in [0.15, 0.2) is 0 Å². The first-order valence-corrected chi connectivity index (χ1v) is 4.58. The van der Waals surface area contributed by atoms with E-state index >= 15 is 0 Å². The molecule has 15 heteroatoms. The van der Waals surface area contributed by atoms with Gasteiger partial charge in [-0.3, -0.25) is 10.5 Å². The summed E-state index contributed by atoms with van der Waals surface area (Å²) in [7, 11) is -11.4. The van der Waals surface area contributed by atoms with Gasteiger partial charge in [0.05, 0.1) is 15.6 Å². The van der Waals surface area contributed by atoms with E-state index in [1.54, 1.807) is 0 Å². The molecule has 15 heavy (non-hydrogen) atoms. The van der Waals surface area contributed by atoms with Crippen molar-refractivity contribution < 1.29 is 249 Å². The summed E-state index contributed by atoms with van der Waals surface area (Å²) in [4.78, 5) is 37.3. The molecule has 0 radical (unpaired) electrons. The fraction of sp³-hybridized carbons (Fsp3) is 0. The van der Waals surface area contributed by atoms with Crippen molar-refractivity contribution in [2.24, 2.45) is 0 Å². The number of phosphoric acid groups is 2. The van der Waals surface area contributed by atoms with Crippen molar-refractivity contribution in [3.8, 4) is 0 Å². The summed E-state index contributed by atoms with van der Waals surface area (Å²) >= 11 is 0. The van der Waals surface area contributed by atoms with Gasteiger partial charge < -0.3 is 33.0 Å². The number of hydrogen-bond acceptors (Lipinski definition) is 9. The maximum Gasteiger partial charge on any atom is 1.00 e. The predicted octanol–water partition coefficient (Wildman–Crippen LogP) is -15.3. The average Bonchev–Trinajstić information content (AvgIpc) is 1.60. The fourth-order valence-corrected chi connectivity index (χ4v) is 1.10. The fourth-order valence-electron chi connectivity index (χ4n) is 0.122. The smallest absolute Gasteiger partial charge is 0.790 e. The van der Waals surface area contributed by atoms with E-state index in [1.807, 2.05) is 0 Å². The molecule has 0 aromatic carbocycles. The first-order chi connectivity index (χ1) is 4.71. The molecule has 70 valence electrons. The zero-order chi connectivity index (χ0) is 9.71. The minimum atomic E-state index is -5.68. The van der Waals surface area contributed by atoms with E-state index in [9.17, 15) is 28.7 Å². The van der Waals surface area contributed by atoms with Crippen LogP contribution in [0, 0.1) is 0 Å². The molecule has 0 spiro atoms. The summed E-state index contributed by atoms with van der Waals surface area (Å²) in [6.45, 7) is 0. The molecule has 0 aliphatic rings. The third-order valence-corrected chi connectivity index (χ3v) is 1.80. The van der Waals surface area contributed by atoms with Gasteiger partial charge in [0.25, 0.3) is 0 Å². The van der Waals surface area contributed by atoms with E-state index in [0.717, 1.165) is 0 Å². The summed E-state index contributed by atoms with van der Waals surface area (Å²) < 4.78 is 21.2. The van der Waals surface area contributed by atoms with Crippen molar-refractivity contribution in [2.75, 3.05) is 0 Å². The second-order valence-corrected chi connectivity index (χ2v) is 3.42. The van der Waals surface area contributed by atoms with Gasteiger partial charge >= 0.3 is 206 Å². The van der Waals surface area contributed by atoms with E-state index in [2.05, 4.69) is 4.31 Å². The molecule has 0 saturated carbocycles. The molecule has 2 N–H and O–H groups in total. The molecule has 9 nitrogen and oxygen atoms in total. The summed E-state index contributed by atoms with van der Waals surface area (Å²) in [5.74, 6) is 0. The van der Waals surface area contributed by atoms with Crippen LogP contribution in [0.2, 0.25) is 0 Å². The van der Waals surface area contributed by atoms with Crippen molar-refractivity contribution in [3.05, 3.63) is 0 Å². The summed E-state index contributed by atoms with van der Waals surface area (Å²) in [6, 6.07) is 0. The molecule has 0 bridgehead atoms. The zero-order valence-electron chi connectivity index (χ0n) is 8.65. The molecule has 0 fully saturated rings. The monoisotopic (exact) mass is 364 g/mol. The molecule has 0 saturated heterocycles. The van der Waals surface area contributed by atoms with E-state index < -0.39 is 15.6 Å². The molecule has 0 atom stereocenters. The van der Waals surface area contributed by atoms with Crippen LogP contribution >= 0.6 is 15.6 Å². The van der Waals surface area contributed by atoms with Crippen LogP contribution in [0.25, 0.3) is 0 Å². The minimum Gasteiger partial charge on any atom is -0.790 e. The molecular weight excluding hydrogens is 362 g/mol. The Morgan fingerprint density at radius 1 is 0.733 bits per heavy atom. The standard InChI is InChI=1S/4K.H4O7P2.H2O2/c;;;;1-8(2,3)7-9(4,5)6;1-2/h;;;;(H2,1,2,3)(H2,4,5,6);1-2H/q4*+1;;/p-4. The molecular formula is H2K4O9P2. The van der Waals surface area contributed by atoms with Crippen LogP contribution in [0.5, 0.6) is 0 Å². The average molecular weight is 364 g/mol. The van der Waals surface area contributed by atoms with Gasteiger partial charge in [0.15, 0.2) is 0 Å².